The predicted octanol–water partition coefficient (Wildman–Crippen LogP) is 1.74. The number of hydrogen-bond acceptors (Lipinski definition) is 4. The Morgan fingerprint density at radius 2 is 2.00 bits per heavy atom. The number of amides is 2. The Labute approximate surface area is 151 Å². The SMILES string of the molecule is Cc1cc(CCc2ccccc2)oc(=O)c1C(=O)NC1CCCNC1=O. The zero-order chi connectivity index (χ0) is 18.5. The van der Waals surface area contributed by atoms with Crippen molar-refractivity contribution in [2.24, 2.45) is 0 Å². The maximum absolute atomic E-state index is 12.4. The molecule has 1 unspecified atom stereocenters. The van der Waals surface area contributed by atoms with Gasteiger partial charge in [0.1, 0.15) is 17.4 Å². The second-order valence-corrected chi connectivity index (χ2v) is 6.50. The van der Waals surface area contributed by atoms with E-state index in [2.05, 4.69) is 10.6 Å². The van der Waals surface area contributed by atoms with E-state index in [0.29, 0.717) is 30.7 Å². The quantitative estimate of drug-likeness (QED) is 0.856. The summed E-state index contributed by atoms with van der Waals surface area (Å²) in [6.45, 7) is 2.32. The van der Waals surface area contributed by atoms with Gasteiger partial charge in [-0.3, -0.25) is 9.59 Å². The number of hydrogen-bond donors (Lipinski definition) is 2. The molecule has 0 radical (unpaired) electrons. The van der Waals surface area contributed by atoms with Gasteiger partial charge in [-0.15, -0.1) is 0 Å². The van der Waals surface area contributed by atoms with Crippen LogP contribution < -0.4 is 16.3 Å². The van der Waals surface area contributed by atoms with Gasteiger partial charge in [0.15, 0.2) is 0 Å². The summed E-state index contributed by atoms with van der Waals surface area (Å²) >= 11 is 0. The number of aryl methyl sites for hydroxylation is 3. The Morgan fingerprint density at radius 3 is 2.69 bits per heavy atom. The van der Waals surface area contributed by atoms with Gasteiger partial charge in [0.2, 0.25) is 5.91 Å². The molecule has 1 aliphatic rings. The summed E-state index contributed by atoms with van der Waals surface area (Å²) in [5.41, 5.74) is 1.00. The second kappa shape index (κ2) is 7.99. The third-order valence-electron chi connectivity index (χ3n) is 4.52. The number of nitrogens with one attached hydrogen (secondary N) is 2. The Balaban J connectivity index is 1.71. The summed E-state index contributed by atoms with van der Waals surface area (Å²) in [6, 6.07) is 11.0. The van der Waals surface area contributed by atoms with Crippen LogP contribution >= 0.6 is 0 Å². The highest BCUT2D eigenvalue weighted by atomic mass is 16.4. The summed E-state index contributed by atoms with van der Waals surface area (Å²) < 4.78 is 5.33. The molecule has 6 nitrogen and oxygen atoms in total. The van der Waals surface area contributed by atoms with Crippen LogP contribution in [0.5, 0.6) is 0 Å². The van der Waals surface area contributed by atoms with Crippen molar-refractivity contribution in [1.82, 2.24) is 10.6 Å². The van der Waals surface area contributed by atoms with Crippen molar-refractivity contribution in [3.63, 3.8) is 0 Å². The fourth-order valence-electron chi connectivity index (χ4n) is 3.12. The molecule has 6 heteroatoms. The van der Waals surface area contributed by atoms with E-state index in [1.807, 2.05) is 30.3 Å². The van der Waals surface area contributed by atoms with Crippen molar-refractivity contribution in [2.45, 2.75) is 38.6 Å². The highest BCUT2D eigenvalue weighted by Crippen LogP contribution is 2.11. The highest BCUT2D eigenvalue weighted by Gasteiger charge is 2.26. The molecule has 1 aromatic carbocycles. The molecule has 2 amide bonds. The maximum Gasteiger partial charge on any atom is 0.349 e. The van der Waals surface area contributed by atoms with Crippen LogP contribution in [0.15, 0.2) is 45.6 Å². The Bertz CT molecular complexity index is 858. The summed E-state index contributed by atoms with van der Waals surface area (Å²) in [4.78, 5) is 36.5. The number of rotatable bonds is 5. The van der Waals surface area contributed by atoms with E-state index in [1.54, 1.807) is 13.0 Å². The van der Waals surface area contributed by atoms with E-state index in [4.69, 9.17) is 4.42 Å². The predicted molar refractivity (Wildman–Crippen MR) is 97.1 cm³/mol. The highest BCUT2D eigenvalue weighted by molar-refractivity contribution is 5.98. The lowest BCUT2D eigenvalue weighted by atomic mass is 10.0. The molecule has 0 saturated carbocycles. The van der Waals surface area contributed by atoms with Crippen molar-refractivity contribution in [2.75, 3.05) is 6.54 Å². The van der Waals surface area contributed by atoms with Crippen molar-refractivity contribution in [1.29, 1.82) is 0 Å². The Hall–Kier alpha value is -2.89. The molecular weight excluding hydrogens is 332 g/mol. The van der Waals surface area contributed by atoms with Gasteiger partial charge in [0.05, 0.1) is 0 Å². The van der Waals surface area contributed by atoms with E-state index in [1.165, 1.54) is 0 Å². The van der Waals surface area contributed by atoms with Crippen molar-refractivity contribution < 1.29 is 14.0 Å². The average Bonchev–Trinajstić information content (AvgIpc) is 2.62. The summed E-state index contributed by atoms with van der Waals surface area (Å²) in [5, 5.41) is 5.34. The zero-order valence-electron chi connectivity index (χ0n) is 14.7. The molecule has 1 atom stereocenters. The number of carbonyl (C=O) groups excluding carboxylic acids is 2. The molecule has 2 heterocycles. The molecule has 2 N–H and O–H groups in total. The third-order valence-corrected chi connectivity index (χ3v) is 4.52. The number of carbonyl (C=O) groups is 2. The van der Waals surface area contributed by atoms with Crippen LogP contribution in [0.25, 0.3) is 0 Å². The van der Waals surface area contributed by atoms with E-state index in [-0.39, 0.29) is 11.5 Å². The minimum atomic E-state index is -0.665. The van der Waals surface area contributed by atoms with Crippen LogP contribution in [0.3, 0.4) is 0 Å². The van der Waals surface area contributed by atoms with Gasteiger partial charge in [-0.2, -0.15) is 0 Å². The standard InChI is InChI=1S/C20H22N2O4/c1-13-12-15(10-9-14-6-3-2-4-7-14)26-20(25)17(13)19(24)22-16-8-5-11-21-18(16)23/h2-4,6-7,12,16H,5,8-11H2,1H3,(H,21,23)(H,22,24). The van der Waals surface area contributed by atoms with E-state index in [0.717, 1.165) is 18.4 Å². The monoisotopic (exact) mass is 354 g/mol. The first-order chi connectivity index (χ1) is 12.5. The van der Waals surface area contributed by atoms with E-state index in [9.17, 15) is 14.4 Å². The Kier molecular flexibility index (Phi) is 5.51. The molecule has 1 aromatic heterocycles. The average molecular weight is 354 g/mol. The maximum atomic E-state index is 12.4. The Morgan fingerprint density at radius 1 is 1.23 bits per heavy atom. The first-order valence-corrected chi connectivity index (χ1v) is 8.80. The van der Waals surface area contributed by atoms with Gasteiger partial charge in [-0.1, -0.05) is 30.3 Å². The molecule has 0 aliphatic carbocycles. The molecule has 0 spiro atoms. The topological polar surface area (TPSA) is 88.4 Å². The van der Waals surface area contributed by atoms with Gasteiger partial charge in [-0.25, -0.2) is 4.79 Å². The van der Waals surface area contributed by atoms with Crippen LogP contribution in [-0.4, -0.2) is 24.4 Å². The van der Waals surface area contributed by atoms with Crippen molar-refractivity contribution in [3.8, 4) is 0 Å². The molecule has 3 rings (SSSR count). The number of benzene rings is 1. The van der Waals surface area contributed by atoms with Gasteiger partial charge in [0, 0.05) is 13.0 Å². The largest absolute Gasteiger partial charge is 0.427 e. The molecular formula is C20H22N2O4. The van der Waals surface area contributed by atoms with Crippen LogP contribution in [0, 0.1) is 6.92 Å². The molecule has 1 fully saturated rings. The zero-order valence-corrected chi connectivity index (χ0v) is 14.7. The molecule has 2 aromatic rings. The van der Waals surface area contributed by atoms with Crippen LogP contribution in [0.2, 0.25) is 0 Å². The molecule has 26 heavy (non-hydrogen) atoms. The lowest BCUT2D eigenvalue weighted by molar-refractivity contribution is -0.124. The third kappa shape index (κ3) is 4.20. The van der Waals surface area contributed by atoms with Gasteiger partial charge < -0.3 is 15.1 Å². The lowest BCUT2D eigenvalue weighted by Gasteiger charge is -2.22. The molecule has 136 valence electrons. The smallest absolute Gasteiger partial charge is 0.349 e. The van der Waals surface area contributed by atoms with Crippen LogP contribution in [0.4, 0.5) is 0 Å². The first-order valence-electron chi connectivity index (χ1n) is 8.80. The van der Waals surface area contributed by atoms with E-state index >= 15 is 0 Å². The van der Waals surface area contributed by atoms with Crippen molar-refractivity contribution in [3.05, 3.63) is 69.3 Å². The molecule has 0 bridgehead atoms. The fraction of sp³-hybridized carbons (Fsp3) is 0.350. The van der Waals surface area contributed by atoms with Gasteiger partial charge in [0.25, 0.3) is 5.91 Å². The van der Waals surface area contributed by atoms with E-state index < -0.39 is 17.6 Å². The summed E-state index contributed by atoms with van der Waals surface area (Å²) in [6.07, 6.45) is 2.68. The second-order valence-electron chi connectivity index (χ2n) is 6.50. The lowest BCUT2D eigenvalue weighted by Crippen LogP contribution is -2.50. The van der Waals surface area contributed by atoms with Gasteiger partial charge >= 0.3 is 5.63 Å². The fourth-order valence-corrected chi connectivity index (χ4v) is 3.12. The van der Waals surface area contributed by atoms with Crippen LogP contribution in [-0.2, 0) is 17.6 Å². The minimum Gasteiger partial charge on any atom is -0.427 e. The van der Waals surface area contributed by atoms with Crippen LogP contribution in [0.1, 0.15) is 40.1 Å². The van der Waals surface area contributed by atoms with Crippen molar-refractivity contribution >= 4 is 11.8 Å². The number of piperidine rings is 1. The normalized spacial score (nSPS) is 16.8. The molecule has 1 saturated heterocycles. The van der Waals surface area contributed by atoms with Gasteiger partial charge in [-0.05, 0) is 43.4 Å². The minimum absolute atomic E-state index is 0.0353. The molecule has 1 aliphatic heterocycles. The summed E-state index contributed by atoms with van der Waals surface area (Å²) in [5.74, 6) is -0.234. The summed E-state index contributed by atoms with van der Waals surface area (Å²) in [7, 11) is 0. The first kappa shape index (κ1) is 17.9.